The maximum Gasteiger partial charge on any atom is 0.125 e. The third kappa shape index (κ3) is 2.91. The van der Waals surface area contributed by atoms with E-state index in [1.54, 1.807) is 6.07 Å². The second kappa shape index (κ2) is 5.99. The molecule has 1 aliphatic heterocycles. The second-order valence-corrected chi connectivity index (χ2v) is 5.06. The zero-order valence-corrected chi connectivity index (χ0v) is 11.6. The Labute approximate surface area is 123 Å². The van der Waals surface area contributed by atoms with Gasteiger partial charge < -0.3 is 10.0 Å². The SMILES string of the molecule is OCC#Cc1ccccc1CN1CCc2ccc(F)cc21. The monoisotopic (exact) mass is 281 g/mol. The Hall–Kier alpha value is -2.31. The van der Waals surface area contributed by atoms with Crippen molar-refractivity contribution in [1.82, 2.24) is 0 Å². The minimum absolute atomic E-state index is 0.147. The molecule has 3 heteroatoms. The molecule has 0 fully saturated rings. The summed E-state index contributed by atoms with van der Waals surface area (Å²) in [6.45, 7) is 1.44. The van der Waals surface area contributed by atoms with E-state index in [2.05, 4.69) is 16.7 Å². The van der Waals surface area contributed by atoms with E-state index in [4.69, 9.17) is 5.11 Å². The van der Waals surface area contributed by atoms with Crippen LogP contribution >= 0.6 is 0 Å². The Morgan fingerprint density at radius 1 is 1.19 bits per heavy atom. The molecule has 106 valence electrons. The molecule has 1 N–H and O–H groups in total. The number of anilines is 1. The fraction of sp³-hybridized carbons (Fsp3) is 0.222. The van der Waals surface area contributed by atoms with Gasteiger partial charge in [0, 0.05) is 24.3 Å². The zero-order valence-electron chi connectivity index (χ0n) is 11.6. The molecule has 0 atom stereocenters. The van der Waals surface area contributed by atoms with Gasteiger partial charge in [-0.2, -0.15) is 0 Å². The maximum absolute atomic E-state index is 13.4. The molecule has 21 heavy (non-hydrogen) atoms. The summed E-state index contributed by atoms with van der Waals surface area (Å²) in [6.07, 6.45) is 0.945. The average molecular weight is 281 g/mol. The van der Waals surface area contributed by atoms with Crippen molar-refractivity contribution in [2.24, 2.45) is 0 Å². The number of halogens is 1. The highest BCUT2D eigenvalue weighted by atomic mass is 19.1. The van der Waals surface area contributed by atoms with Gasteiger partial charge in [-0.15, -0.1) is 0 Å². The first-order chi connectivity index (χ1) is 10.3. The van der Waals surface area contributed by atoms with E-state index in [1.807, 2.05) is 30.3 Å². The lowest BCUT2D eigenvalue weighted by molar-refractivity contribution is 0.350. The molecule has 0 saturated heterocycles. The first-order valence-electron chi connectivity index (χ1n) is 6.99. The van der Waals surface area contributed by atoms with Crippen LogP contribution in [0.1, 0.15) is 16.7 Å². The Balaban J connectivity index is 1.88. The number of rotatable bonds is 2. The molecule has 0 radical (unpaired) electrons. The van der Waals surface area contributed by atoms with E-state index < -0.39 is 0 Å². The van der Waals surface area contributed by atoms with Crippen molar-refractivity contribution in [3.63, 3.8) is 0 Å². The van der Waals surface area contributed by atoms with Crippen LogP contribution in [0.5, 0.6) is 0 Å². The van der Waals surface area contributed by atoms with Crippen LogP contribution in [-0.2, 0) is 13.0 Å². The number of hydrogen-bond acceptors (Lipinski definition) is 2. The lowest BCUT2D eigenvalue weighted by Gasteiger charge is -2.20. The van der Waals surface area contributed by atoms with Gasteiger partial charge in [-0.1, -0.05) is 36.1 Å². The molecule has 0 aromatic heterocycles. The highest BCUT2D eigenvalue weighted by Gasteiger charge is 2.20. The Morgan fingerprint density at radius 3 is 2.90 bits per heavy atom. The fourth-order valence-electron chi connectivity index (χ4n) is 2.70. The van der Waals surface area contributed by atoms with Gasteiger partial charge in [0.2, 0.25) is 0 Å². The van der Waals surface area contributed by atoms with E-state index in [0.29, 0.717) is 6.54 Å². The minimum atomic E-state index is -0.200. The first-order valence-corrected chi connectivity index (χ1v) is 6.99. The lowest BCUT2D eigenvalue weighted by Crippen LogP contribution is -2.20. The van der Waals surface area contributed by atoms with E-state index in [9.17, 15) is 4.39 Å². The van der Waals surface area contributed by atoms with Crippen LogP contribution in [0, 0.1) is 17.7 Å². The maximum atomic E-state index is 13.4. The molecule has 0 unspecified atom stereocenters. The summed E-state index contributed by atoms with van der Waals surface area (Å²) < 4.78 is 13.4. The molecule has 0 spiro atoms. The van der Waals surface area contributed by atoms with Crippen molar-refractivity contribution in [3.8, 4) is 11.8 Å². The summed E-state index contributed by atoms with van der Waals surface area (Å²) in [4.78, 5) is 2.18. The van der Waals surface area contributed by atoms with Crippen LogP contribution in [0.25, 0.3) is 0 Å². The molecule has 0 amide bonds. The second-order valence-electron chi connectivity index (χ2n) is 5.06. The number of aliphatic hydroxyl groups excluding tert-OH is 1. The number of benzene rings is 2. The minimum Gasteiger partial charge on any atom is -0.384 e. The van der Waals surface area contributed by atoms with E-state index in [-0.39, 0.29) is 12.4 Å². The molecular formula is C18H16FNO. The molecule has 1 heterocycles. The number of hydrogen-bond donors (Lipinski definition) is 1. The molecule has 0 saturated carbocycles. The molecule has 3 rings (SSSR count). The molecule has 0 bridgehead atoms. The smallest absolute Gasteiger partial charge is 0.125 e. The molecule has 2 nitrogen and oxygen atoms in total. The van der Waals surface area contributed by atoms with Crippen LogP contribution in [-0.4, -0.2) is 18.3 Å². The first kappa shape index (κ1) is 13.7. The topological polar surface area (TPSA) is 23.5 Å². The van der Waals surface area contributed by atoms with Crippen molar-refractivity contribution < 1.29 is 9.50 Å². The Kier molecular flexibility index (Phi) is 3.89. The summed E-state index contributed by atoms with van der Waals surface area (Å²) in [5.74, 6) is 5.46. The third-order valence-corrected chi connectivity index (χ3v) is 3.72. The Morgan fingerprint density at radius 2 is 2.05 bits per heavy atom. The van der Waals surface area contributed by atoms with Crippen LogP contribution in [0.15, 0.2) is 42.5 Å². The molecule has 2 aromatic rings. The summed E-state index contributed by atoms with van der Waals surface area (Å²) in [5, 5.41) is 8.84. The fourth-order valence-corrected chi connectivity index (χ4v) is 2.70. The van der Waals surface area contributed by atoms with Crippen LogP contribution in [0.2, 0.25) is 0 Å². The Bertz CT molecular complexity index is 715. The standard InChI is InChI=1S/C18H16FNO/c19-17-8-7-15-9-10-20(18(15)12-17)13-16-5-2-1-4-14(16)6-3-11-21/h1-2,4-5,7-8,12,21H,9-11,13H2. The van der Waals surface area contributed by atoms with Gasteiger partial charge in [0.1, 0.15) is 12.4 Å². The van der Waals surface area contributed by atoms with E-state index in [0.717, 1.165) is 29.8 Å². The molecular weight excluding hydrogens is 265 g/mol. The predicted octanol–water partition coefficient (Wildman–Crippen LogP) is 2.73. The van der Waals surface area contributed by atoms with Gasteiger partial charge >= 0.3 is 0 Å². The van der Waals surface area contributed by atoms with Crippen molar-refractivity contribution in [2.75, 3.05) is 18.1 Å². The van der Waals surface area contributed by atoms with Gasteiger partial charge in [-0.3, -0.25) is 0 Å². The quantitative estimate of drug-likeness (QED) is 0.856. The number of fused-ring (bicyclic) bond motifs is 1. The van der Waals surface area contributed by atoms with Crippen molar-refractivity contribution in [1.29, 1.82) is 0 Å². The van der Waals surface area contributed by atoms with Crippen LogP contribution in [0.4, 0.5) is 10.1 Å². The van der Waals surface area contributed by atoms with Crippen LogP contribution in [0.3, 0.4) is 0 Å². The normalized spacial score (nSPS) is 12.8. The van der Waals surface area contributed by atoms with Gasteiger partial charge in [0.05, 0.1) is 0 Å². The van der Waals surface area contributed by atoms with Crippen molar-refractivity contribution in [2.45, 2.75) is 13.0 Å². The van der Waals surface area contributed by atoms with Gasteiger partial charge in [-0.25, -0.2) is 4.39 Å². The van der Waals surface area contributed by atoms with E-state index >= 15 is 0 Å². The summed E-state index contributed by atoms with van der Waals surface area (Å²) >= 11 is 0. The zero-order chi connectivity index (χ0) is 14.7. The highest BCUT2D eigenvalue weighted by Crippen LogP contribution is 2.30. The molecule has 0 aliphatic carbocycles. The third-order valence-electron chi connectivity index (χ3n) is 3.72. The summed E-state index contributed by atoms with van der Waals surface area (Å²) in [6, 6.07) is 12.9. The van der Waals surface area contributed by atoms with Crippen molar-refractivity contribution in [3.05, 3.63) is 65.0 Å². The van der Waals surface area contributed by atoms with E-state index in [1.165, 1.54) is 11.6 Å². The lowest BCUT2D eigenvalue weighted by atomic mass is 10.1. The predicted molar refractivity (Wildman–Crippen MR) is 81.6 cm³/mol. The van der Waals surface area contributed by atoms with Gasteiger partial charge in [0.15, 0.2) is 0 Å². The van der Waals surface area contributed by atoms with Crippen molar-refractivity contribution >= 4 is 5.69 Å². The molecule has 2 aromatic carbocycles. The number of aliphatic hydroxyl groups is 1. The van der Waals surface area contributed by atoms with Gasteiger partial charge in [0.25, 0.3) is 0 Å². The van der Waals surface area contributed by atoms with Crippen LogP contribution < -0.4 is 4.90 Å². The highest BCUT2D eigenvalue weighted by molar-refractivity contribution is 5.59. The molecule has 1 aliphatic rings. The average Bonchev–Trinajstić information content (AvgIpc) is 2.89. The summed E-state index contributed by atoms with van der Waals surface area (Å²) in [5.41, 5.74) is 4.17. The van der Waals surface area contributed by atoms with Gasteiger partial charge in [-0.05, 0) is 35.7 Å². The largest absolute Gasteiger partial charge is 0.384 e. The number of nitrogens with zero attached hydrogens (tertiary/aromatic N) is 1. The summed E-state index contributed by atoms with van der Waals surface area (Å²) in [7, 11) is 0.